The zero-order valence-electron chi connectivity index (χ0n) is 30.2. The number of hydrogen-bond acceptors (Lipinski definition) is 7. The number of benzene rings is 4. The van der Waals surface area contributed by atoms with Gasteiger partial charge in [-0.15, -0.1) is 0 Å². The summed E-state index contributed by atoms with van der Waals surface area (Å²) in [5.74, 6) is 0.637. The number of ether oxygens (including phenoxy) is 1. The Bertz CT molecular complexity index is 1990. The summed E-state index contributed by atoms with van der Waals surface area (Å²) < 4.78 is 5.17. The number of anilines is 1. The number of carbonyl (C=O) groups excluding carboxylic acids is 1. The van der Waals surface area contributed by atoms with Gasteiger partial charge in [0.2, 0.25) is 5.91 Å². The van der Waals surface area contributed by atoms with Gasteiger partial charge in [-0.1, -0.05) is 92.2 Å². The molecule has 0 radical (unpaired) electrons. The molecule has 3 N–H and O–H groups in total. The van der Waals surface area contributed by atoms with Gasteiger partial charge in [0.25, 0.3) is 0 Å². The number of carboxylic acids is 1. The quantitative estimate of drug-likeness (QED) is 0.0929. The Kier molecular flexibility index (Phi) is 12.4. The van der Waals surface area contributed by atoms with Gasteiger partial charge in [-0.3, -0.25) is 14.5 Å². The molecule has 2 unspecified atom stereocenters. The lowest BCUT2D eigenvalue weighted by Crippen LogP contribution is -2.33. The maximum atomic E-state index is 12.6. The molecule has 2 atom stereocenters. The highest BCUT2D eigenvalue weighted by molar-refractivity contribution is 5.92. The average molecular weight is 711 g/mol. The molecule has 1 amide bonds. The number of amides is 1. The lowest BCUT2D eigenvalue weighted by molar-refractivity contribution is -0.142. The summed E-state index contributed by atoms with van der Waals surface area (Å²) in [6.45, 7) is 2.05. The van der Waals surface area contributed by atoms with Gasteiger partial charge in [-0.25, -0.2) is 9.97 Å². The number of aryl methyl sites for hydroxylation is 1. The average Bonchev–Trinajstić information content (AvgIpc) is 3.19. The Labute approximate surface area is 311 Å². The third-order valence-electron chi connectivity index (χ3n) is 9.72. The summed E-state index contributed by atoms with van der Waals surface area (Å²) in [6.07, 6.45) is 10.5. The minimum absolute atomic E-state index is 0.180. The van der Waals surface area contributed by atoms with Crippen molar-refractivity contribution >= 4 is 23.1 Å². The van der Waals surface area contributed by atoms with Gasteiger partial charge in [-0.2, -0.15) is 0 Å². The highest BCUT2D eigenvalue weighted by atomic mass is 16.5. The Morgan fingerprint density at radius 1 is 0.868 bits per heavy atom. The van der Waals surface area contributed by atoms with Gasteiger partial charge in [0.15, 0.2) is 5.82 Å². The molecule has 0 spiro atoms. The molecule has 1 aromatic heterocycles. The fourth-order valence-corrected chi connectivity index (χ4v) is 6.77. The summed E-state index contributed by atoms with van der Waals surface area (Å²) in [7, 11) is 1.59. The van der Waals surface area contributed by atoms with E-state index in [1.165, 1.54) is 21.6 Å². The molecule has 9 heteroatoms. The zero-order chi connectivity index (χ0) is 37.2. The first-order valence-corrected chi connectivity index (χ1v) is 18.1. The molecule has 272 valence electrons. The number of rotatable bonds is 15. The molecule has 0 saturated heterocycles. The molecule has 0 aliphatic heterocycles. The van der Waals surface area contributed by atoms with E-state index in [0.29, 0.717) is 23.0 Å². The molecular weight excluding hydrogens is 665 g/mol. The molecule has 5 aromatic rings. The molecule has 9 nitrogen and oxygen atoms in total. The normalized spacial score (nSPS) is 14.7. The van der Waals surface area contributed by atoms with Crippen LogP contribution in [0.25, 0.3) is 17.0 Å². The molecule has 1 heterocycles. The summed E-state index contributed by atoms with van der Waals surface area (Å²) in [5, 5.41) is 23.7. The highest BCUT2D eigenvalue weighted by Gasteiger charge is 2.22. The number of carbonyl (C=O) groups is 2. The maximum absolute atomic E-state index is 12.6. The van der Waals surface area contributed by atoms with E-state index in [1.807, 2.05) is 48.8 Å². The number of aromatic nitrogens is 2. The number of nitrogens with zero attached hydrogens (tertiary/aromatic N) is 3. The van der Waals surface area contributed by atoms with Crippen LogP contribution in [0.1, 0.15) is 78.1 Å². The Morgan fingerprint density at radius 3 is 2.13 bits per heavy atom. The second-order valence-electron chi connectivity index (χ2n) is 13.6. The van der Waals surface area contributed by atoms with E-state index in [1.54, 1.807) is 43.5 Å². The third kappa shape index (κ3) is 10.0. The number of carboxylic acid groups (broad SMARTS) is 1. The number of aliphatic hydroxyl groups is 1. The summed E-state index contributed by atoms with van der Waals surface area (Å²) >= 11 is 0. The van der Waals surface area contributed by atoms with Gasteiger partial charge in [-0.05, 0) is 89.3 Å². The van der Waals surface area contributed by atoms with Gasteiger partial charge in [0.05, 0.1) is 20.1 Å². The first-order chi connectivity index (χ1) is 25.8. The van der Waals surface area contributed by atoms with Crippen LogP contribution in [0.5, 0.6) is 5.75 Å². The Balaban J connectivity index is 1.04. The first-order valence-electron chi connectivity index (χ1n) is 18.1. The van der Waals surface area contributed by atoms with E-state index in [4.69, 9.17) is 4.74 Å². The van der Waals surface area contributed by atoms with Crippen molar-refractivity contribution in [1.29, 1.82) is 0 Å². The van der Waals surface area contributed by atoms with Crippen molar-refractivity contribution in [3.8, 4) is 17.1 Å². The van der Waals surface area contributed by atoms with E-state index in [2.05, 4.69) is 52.5 Å². The number of aliphatic hydroxyl groups excluding tert-OH is 1. The highest BCUT2D eigenvalue weighted by Crippen LogP contribution is 2.36. The standard InChI is InChI=1S/C44H46N4O5/c1-3-4-30-5-11-33(12-6-30)34-15-17-35(18-16-34)38-26-45-43(46-27-38)36-13-7-32(8-14-36)28-48(29-42(50)51)44(52)37-19-21-39(22-20-37)47-41(49)25-31-9-23-40(53-2)24-10-31/h5-14,17,19-24,26-27,34,44,52H,3-4,15-16,18,25,28-29H2,1-2H3,(H,47,49)(H,50,51). The summed E-state index contributed by atoms with van der Waals surface area (Å²) in [4.78, 5) is 35.2. The monoisotopic (exact) mass is 710 g/mol. The minimum Gasteiger partial charge on any atom is -0.497 e. The molecule has 4 aromatic carbocycles. The number of aliphatic carboxylic acids is 1. The van der Waals surface area contributed by atoms with Gasteiger partial charge in [0.1, 0.15) is 12.0 Å². The minimum atomic E-state index is -1.18. The smallest absolute Gasteiger partial charge is 0.317 e. The first kappa shape index (κ1) is 37.1. The lowest BCUT2D eigenvalue weighted by atomic mass is 9.83. The fourth-order valence-electron chi connectivity index (χ4n) is 6.77. The van der Waals surface area contributed by atoms with E-state index >= 15 is 0 Å². The third-order valence-corrected chi connectivity index (χ3v) is 9.72. The van der Waals surface area contributed by atoms with Crippen LogP contribution in [-0.4, -0.2) is 50.6 Å². The molecule has 0 bridgehead atoms. The zero-order valence-corrected chi connectivity index (χ0v) is 30.2. The predicted molar refractivity (Wildman–Crippen MR) is 207 cm³/mol. The van der Waals surface area contributed by atoms with Crippen molar-refractivity contribution in [3.05, 3.63) is 149 Å². The SMILES string of the molecule is CCCc1ccc(C2CC=C(c3cnc(-c4ccc(CN(CC(=O)O)C(O)c5ccc(NC(=O)Cc6ccc(OC)cc6)cc5)cc4)nc3)CC2)cc1. The molecule has 53 heavy (non-hydrogen) atoms. The van der Waals surface area contributed by atoms with Crippen LogP contribution in [-0.2, 0) is 29.0 Å². The lowest BCUT2D eigenvalue weighted by Gasteiger charge is -2.27. The number of allylic oxidation sites excluding steroid dienone is 2. The van der Waals surface area contributed by atoms with Gasteiger partial charge >= 0.3 is 5.97 Å². The maximum Gasteiger partial charge on any atom is 0.317 e. The topological polar surface area (TPSA) is 125 Å². The van der Waals surface area contributed by atoms with Crippen molar-refractivity contribution in [2.75, 3.05) is 19.0 Å². The van der Waals surface area contributed by atoms with Crippen LogP contribution in [0.15, 0.2) is 116 Å². The van der Waals surface area contributed by atoms with Crippen molar-refractivity contribution in [2.24, 2.45) is 0 Å². The van der Waals surface area contributed by atoms with Crippen LogP contribution < -0.4 is 10.1 Å². The van der Waals surface area contributed by atoms with Gasteiger partial charge < -0.3 is 20.3 Å². The van der Waals surface area contributed by atoms with E-state index in [-0.39, 0.29) is 25.4 Å². The van der Waals surface area contributed by atoms with Crippen LogP contribution in [0.3, 0.4) is 0 Å². The number of nitrogens with one attached hydrogen (secondary N) is 1. The number of hydrogen-bond donors (Lipinski definition) is 3. The summed E-state index contributed by atoms with van der Waals surface area (Å²) in [6, 6.07) is 30.8. The molecule has 0 saturated carbocycles. The van der Waals surface area contributed by atoms with Crippen LogP contribution in [0, 0.1) is 0 Å². The van der Waals surface area contributed by atoms with Crippen LogP contribution in [0.2, 0.25) is 0 Å². The second kappa shape index (κ2) is 17.7. The summed E-state index contributed by atoms with van der Waals surface area (Å²) in [5.41, 5.74) is 8.75. The second-order valence-corrected chi connectivity index (χ2v) is 13.6. The van der Waals surface area contributed by atoms with Crippen LogP contribution >= 0.6 is 0 Å². The predicted octanol–water partition coefficient (Wildman–Crippen LogP) is 8.21. The largest absolute Gasteiger partial charge is 0.497 e. The van der Waals surface area contributed by atoms with E-state index in [0.717, 1.165) is 60.1 Å². The molecule has 1 aliphatic rings. The van der Waals surface area contributed by atoms with Crippen molar-refractivity contribution in [3.63, 3.8) is 0 Å². The van der Waals surface area contributed by atoms with Crippen molar-refractivity contribution in [2.45, 2.75) is 64.1 Å². The molecule has 1 aliphatic carbocycles. The Morgan fingerprint density at radius 2 is 1.53 bits per heavy atom. The fraction of sp³-hybridized carbons (Fsp3) is 0.273. The molecular formula is C44H46N4O5. The van der Waals surface area contributed by atoms with E-state index < -0.39 is 12.2 Å². The molecule has 6 rings (SSSR count). The van der Waals surface area contributed by atoms with Crippen LogP contribution in [0.4, 0.5) is 5.69 Å². The Hall–Kier alpha value is -5.64. The van der Waals surface area contributed by atoms with E-state index in [9.17, 15) is 19.8 Å². The number of methoxy groups -OCH3 is 1. The van der Waals surface area contributed by atoms with Crippen molar-refractivity contribution < 1.29 is 24.5 Å². The van der Waals surface area contributed by atoms with Crippen molar-refractivity contribution in [1.82, 2.24) is 14.9 Å². The molecule has 0 fully saturated rings. The van der Waals surface area contributed by atoms with Gasteiger partial charge in [0, 0.05) is 35.8 Å².